The Morgan fingerprint density at radius 3 is 2.27 bits per heavy atom. The van der Waals surface area contributed by atoms with Gasteiger partial charge in [-0.2, -0.15) is 4.31 Å². The summed E-state index contributed by atoms with van der Waals surface area (Å²) >= 11 is 0. The van der Waals surface area contributed by atoms with Crippen molar-refractivity contribution in [1.82, 2.24) is 4.31 Å². The number of hydrogen-bond acceptors (Lipinski definition) is 6. The number of rotatable bonds is 9. The molecule has 0 saturated carbocycles. The highest BCUT2D eigenvalue weighted by Gasteiger charge is 2.31. The largest absolute Gasteiger partial charge is 0.493 e. The maximum atomic E-state index is 12.9. The van der Waals surface area contributed by atoms with E-state index in [0.29, 0.717) is 36.4 Å². The third-order valence-corrected chi connectivity index (χ3v) is 7.14. The summed E-state index contributed by atoms with van der Waals surface area (Å²) in [6.45, 7) is 4.84. The second kappa shape index (κ2) is 11.3. The molecule has 1 N–H and O–H groups in total. The minimum atomic E-state index is -3.58. The van der Waals surface area contributed by atoms with E-state index in [4.69, 9.17) is 9.47 Å². The first-order chi connectivity index (χ1) is 15.7. The second-order valence-electron chi connectivity index (χ2n) is 8.41. The second-order valence-corrected chi connectivity index (χ2v) is 10.4. The molecular weight excluding hydrogens is 444 g/mol. The molecule has 2 unspecified atom stereocenters. The minimum absolute atomic E-state index is 0.0163. The van der Waals surface area contributed by atoms with Gasteiger partial charge in [-0.3, -0.25) is 9.59 Å². The van der Waals surface area contributed by atoms with E-state index < -0.39 is 28.5 Å². The fourth-order valence-corrected chi connectivity index (χ4v) is 5.53. The molecule has 1 saturated heterocycles. The van der Waals surface area contributed by atoms with Crippen LogP contribution in [0.2, 0.25) is 0 Å². The molecule has 0 radical (unpaired) electrons. The molecule has 0 spiro atoms. The fourth-order valence-electron chi connectivity index (χ4n) is 3.85. The van der Waals surface area contributed by atoms with Crippen molar-refractivity contribution in [3.05, 3.63) is 54.6 Å². The van der Waals surface area contributed by atoms with Gasteiger partial charge in [0, 0.05) is 18.8 Å². The number of para-hydroxylation sites is 1. The van der Waals surface area contributed by atoms with Crippen LogP contribution in [0.15, 0.2) is 59.5 Å². The first-order valence-electron chi connectivity index (χ1n) is 11.0. The first kappa shape index (κ1) is 24.7. The summed E-state index contributed by atoms with van der Waals surface area (Å²) in [5.74, 6) is 0.219. The predicted octanol–water partition coefficient (Wildman–Crippen LogP) is 3.30. The topological polar surface area (TPSA) is 102 Å². The van der Waals surface area contributed by atoms with Gasteiger partial charge in [0.2, 0.25) is 10.0 Å². The van der Waals surface area contributed by atoms with E-state index in [1.165, 1.54) is 28.6 Å². The number of amides is 1. The Kier molecular flexibility index (Phi) is 8.46. The number of hydrogen-bond donors (Lipinski definition) is 1. The summed E-state index contributed by atoms with van der Waals surface area (Å²) in [5, 5.41) is 2.60. The van der Waals surface area contributed by atoms with Crippen molar-refractivity contribution in [2.45, 2.75) is 31.6 Å². The predicted molar refractivity (Wildman–Crippen MR) is 124 cm³/mol. The summed E-state index contributed by atoms with van der Waals surface area (Å²) in [5.41, 5.74) is 0.419. The standard InChI is InChI=1S/C24H30N2O6S/c1-18-14-19(2)16-26(15-18)33(29,30)22-10-8-20(9-11-22)25-23(27)17-32-24(28)12-13-31-21-6-4-3-5-7-21/h3-11,18-19H,12-17H2,1-2H3,(H,25,27). The van der Waals surface area contributed by atoms with Crippen molar-refractivity contribution in [3.63, 3.8) is 0 Å². The van der Waals surface area contributed by atoms with Gasteiger partial charge in [0.25, 0.3) is 5.91 Å². The highest BCUT2D eigenvalue weighted by molar-refractivity contribution is 7.89. The molecule has 9 heteroatoms. The molecule has 0 aliphatic carbocycles. The van der Waals surface area contributed by atoms with Crippen molar-refractivity contribution < 1.29 is 27.5 Å². The first-order valence-corrected chi connectivity index (χ1v) is 12.4. The number of nitrogens with zero attached hydrogens (tertiary/aromatic N) is 1. The van der Waals surface area contributed by atoms with Crippen LogP contribution in [0.4, 0.5) is 5.69 Å². The smallest absolute Gasteiger partial charge is 0.309 e. The molecule has 1 fully saturated rings. The average Bonchev–Trinajstić information content (AvgIpc) is 2.78. The van der Waals surface area contributed by atoms with Crippen LogP contribution in [0.5, 0.6) is 5.75 Å². The van der Waals surface area contributed by atoms with Gasteiger partial charge < -0.3 is 14.8 Å². The number of sulfonamides is 1. The third-order valence-electron chi connectivity index (χ3n) is 5.29. The molecule has 8 nitrogen and oxygen atoms in total. The van der Waals surface area contributed by atoms with Crippen molar-refractivity contribution >= 4 is 27.6 Å². The zero-order valence-corrected chi connectivity index (χ0v) is 19.7. The van der Waals surface area contributed by atoms with Gasteiger partial charge in [-0.15, -0.1) is 0 Å². The molecule has 1 heterocycles. The van der Waals surface area contributed by atoms with Crippen molar-refractivity contribution in [1.29, 1.82) is 0 Å². The third kappa shape index (κ3) is 7.30. The van der Waals surface area contributed by atoms with Crippen LogP contribution in [0, 0.1) is 11.8 Å². The van der Waals surface area contributed by atoms with E-state index in [0.717, 1.165) is 6.42 Å². The fraction of sp³-hybridized carbons (Fsp3) is 0.417. The van der Waals surface area contributed by atoms with E-state index >= 15 is 0 Å². The molecule has 2 atom stereocenters. The molecule has 2 aromatic carbocycles. The lowest BCUT2D eigenvalue weighted by Gasteiger charge is -2.34. The lowest BCUT2D eigenvalue weighted by Crippen LogP contribution is -2.42. The molecule has 1 aliphatic rings. The van der Waals surface area contributed by atoms with Crippen molar-refractivity contribution in [2.24, 2.45) is 11.8 Å². The van der Waals surface area contributed by atoms with Crippen LogP contribution >= 0.6 is 0 Å². The monoisotopic (exact) mass is 474 g/mol. The van der Waals surface area contributed by atoms with Gasteiger partial charge in [0.05, 0.1) is 17.9 Å². The van der Waals surface area contributed by atoms with E-state index in [-0.39, 0.29) is 17.9 Å². The quantitative estimate of drug-likeness (QED) is 0.560. The van der Waals surface area contributed by atoms with Crippen LogP contribution < -0.4 is 10.1 Å². The maximum Gasteiger partial charge on any atom is 0.309 e. The van der Waals surface area contributed by atoms with Crippen LogP contribution in [-0.4, -0.2) is 50.9 Å². The van der Waals surface area contributed by atoms with Gasteiger partial charge in [-0.05, 0) is 54.7 Å². The number of piperidine rings is 1. The Labute approximate surface area is 194 Å². The Balaban J connectivity index is 1.44. The molecule has 2 aromatic rings. The molecule has 0 aromatic heterocycles. The van der Waals surface area contributed by atoms with Gasteiger partial charge in [-0.25, -0.2) is 8.42 Å². The number of nitrogens with one attached hydrogen (secondary N) is 1. The van der Waals surface area contributed by atoms with Gasteiger partial charge in [0.1, 0.15) is 5.75 Å². The van der Waals surface area contributed by atoms with Crippen LogP contribution in [0.1, 0.15) is 26.7 Å². The molecule has 1 amide bonds. The number of esters is 1. The van der Waals surface area contributed by atoms with Crippen LogP contribution in [0.3, 0.4) is 0 Å². The number of carbonyl (C=O) groups is 2. The van der Waals surface area contributed by atoms with Gasteiger partial charge >= 0.3 is 5.97 Å². The molecule has 3 rings (SSSR count). The van der Waals surface area contributed by atoms with E-state index in [1.807, 2.05) is 18.2 Å². The maximum absolute atomic E-state index is 12.9. The highest BCUT2D eigenvalue weighted by atomic mass is 32.2. The Morgan fingerprint density at radius 2 is 1.64 bits per heavy atom. The van der Waals surface area contributed by atoms with Crippen molar-refractivity contribution in [3.8, 4) is 5.75 Å². The van der Waals surface area contributed by atoms with Gasteiger partial charge in [0.15, 0.2) is 6.61 Å². The van der Waals surface area contributed by atoms with Crippen LogP contribution in [-0.2, 0) is 24.3 Å². The molecule has 1 aliphatic heterocycles. The number of anilines is 1. The number of benzene rings is 2. The summed E-state index contributed by atoms with van der Waals surface area (Å²) in [7, 11) is -3.58. The normalized spacial score (nSPS) is 19.0. The summed E-state index contributed by atoms with van der Waals surface area (Å²) in [4.78, 5) is 24.0. The number of ether oxygens (including phenoxy) is 2. The van der Waals surface area contributed by atoms with E-state index in [1.54, 1.807) is 12.1 Å². The van der Waals surface area contributed by atoms with E-state index in [2.05, 4.69) is 19.2 Å². The SMILES string of the molecule is CC1CC(C)CN(S(=O)(=O)c2ccc(NC(=O)COC(=O)CCOc3ccccc3)cc2)C1. The number of carbonyl (C=O) groups excluding carboxylic acids is 2. The van der Waals surface area contributed by atoms with E-state index in [9.17, 15) is 18.0 Å². The molecule has 178 valence electrons. The average molecular weight is 475 g/mol. The summed E-state index contributed by atoms with van der Waals surface area (Å²) in [6.07, 6.45) is 1.03. The molecule has 0 bridgehead atoms. The van der Waals surface area contributed by atoms with Gasteiger partial charge in [-0.1, -0.05) is 32.0 Å². The summed E-state index contributed by atoms with van der Waals surface area (Å²) < 4.78 is 37.8. The molecular formula is C24H30N2O6S. The van der Waals surface area contributed by atoms with Crippen molar-refractivity contribution in [2.75, 3.05) is 31.6 Å². The molecule has 33 heavy (non-hydrogen) atoms. The minimum Gasteiger partial charge on any atom is -0.493 e. The Bertz CT molecular complexity index is 1030. The lowest BCUT2D eigenvalue weighted by atomic mass is 9.94. The summed E-state index contributed by atoms with van der Waals surface area (Å²) in [6, 6.07) is 15.1. The lowest BCUT2D eigenvalue weighted by molar-refractivity contribution is -0.147. The zero-order valence-electron chi connectivity index (χ0n) is 18.9. The van der Waals surface area contributed by atoms with Crippen LogP contribution in [0.25, 0.3) is 0 Å². The Hall–Kier alpha value is -2.91. The Morgan fingerprint density at radius 1 is 1.00 bits per heavy atom. The zero-order chi connectivity index (χ0) is 23.8. The highest BCUT2D eigenvalue weighted by Crippen LogP contribution is 2.27.